The SMILES string of the molecule is CC(C)=CCN1C[C@@H]2[C@H](CNC(=O)Cc3ccsc3)[C@H]3CC[C@]2(C1)O3. The number of hydrogen-bond donors (Lipinski definition) is 1. The van der Waals surface area contributed by atoms with Crippen LogP contribution in [0.4, 0.5) is 0 Å². The second-order valence-electron chi connectivity index (χ2n) is 8.12. The Morgan fingerprint density at radius 2 is 2.40 bits per heavy atom. The van der Waals surface area contributed by atoms with Crippen LogP contribution in [0.15, 0.2) is 28.5 Å². The van der Waals surface area contributed by atoms with Crippen LogP contribution >= 0.6 is 11.3 Å². The van der Waals surface area contributed by atoms with Crippen molar-refractivity contribution in [3.8, 4) is 0 Å². The zero-order valence-corrected chi connectivity index (χ0v) is 16.0. The lowest BCUT2D eigenvalue weighted by Crippen LogP contribution is -2.42. The van der Waals surface area contributed by atoms with E-state index in [1.54, 1.807) is 11.3 Å². The van der Waals surface area contributed by atoms with Crippen molar-refractivity contribution < 1.29 is 9.53 Å². The zero-order valence-electron chi connectivity index (χ0n) is 15.2. The molecule has 4 rings (SSSR count). The van der Waals surface area contributed by atoms with Crippen molar-refractivity contribution in [2.45, 2.75) is 44.8 Å². The summed E-state index contributed by atoms with van der Waals surface area (Å²) in [6.07, 6.45) is 5.48. The average Bonchev–Trinajstić information content (AvgIpc) is 3.31. The Balaban J connectivity index is 1.35. The molecule has 1 aromatic heterocycles. The highest BCUT2D eigenvalue weighted by Crippen LogP contribution is 2.54. The van der Waals surface area contributed by atoms with E-state index in [1.165, 1.54) is 12.0 Å². The summed E-state index contributed by atoms with van der Waals surface area (Å²) in [5, 5.41) is 7.25. The van der Waals surface area contributed by atoms with E-state index >= 15 is 0 Å². The molecule has 0 radical (unpaired) electrons. The lowest BCUT2D eigenvalue weighted by molar-refractivity contribution is -0.120. The van der Waals surface area contributed by atoms with Gasteiger partial charge in [-0.25, -0.2) is 0 Å². The Hall–Kier alpha value is -1.17. The summed E-state index contributed by atoms with van der Waals surface area (Å²) in [5.41, 5.74) is 2.54. The molecule has 1 spiro atoms. The molecule has 0 aromatic carbocycles. The third-order valence-corrected chi connectivity index (χ3v) is 6.82. The number of hydrogen-bond acceptors (Lipinski definition) is 4. The fourth-order valence-corrected chi connectivity index (χ4v) is 5.55. The van der Waals surface area contributed by atoms with E-state index in [-0.39, 0.29) is 11.5 Å². The highest BCUT2D eigenvalue weighted by atomic mass is 32.1. The number of likely N-dealkylation sites (tertiary alicyclic amines) is 1. The fourth-order valence-electron chi connectivity index (χ4n) is 4.88. The first-order valence-corrected chi connectivity index (χ1v) is 10.3. The van der Waals surface area contributed by atoms with Crippen molar-refractivity contribution in [1.29, 1.82) is 0 Å². The molecule has 3 aliphatic heterocycles. The van der Waals surface area contributed by atoms with E-state index in [2.05, 4.69) is 30.1 Å². The first-order valence-electron chi connectivity index (χ1n) is 9.37. The molecule has 5 heteroatoms. The van der Waals surface area contributed by atoms with Gasteiger partial charge in [0.2, 0.25) is 5.91 Å². The van der Waals surface area contributed by atoms with Crippen molar-refractivity contribution in [2.24, 2.45) is 11.8 Å². The minimum atomic E-state index is 0.0584. The molecule has 2 bridgehead atoms. The summed E-state index contributed by atoms with van der Waals surface area (Å²) in [4.78, 5) is 14.8. The van der Waals surface area contributed by atoms with Gasteiger partial charge in [0.05, 0.1) is 18.1 Å². The minimum absolute atomic E-state index is 0.0584. The lowest BCUT2D eigenvalue weighted by Gasteiger charge is -2.29. The van der Waals surface area contributed by atoms with Crippen LogP contribution in [0.2, 0.25) is 0 Å². The molecule has 1 N–H and O–H groups in total. The van der Waals surface area contributed by atoms with Gasteiger partial charge in [0.15, 0.2) is 0 Å². The van der Waals surface area contributed by atoms with Crippen LogP contribution in [0.5, 0.6) is 0 Å². The van der Waals surface area contributed by atoms with Gasteiger partial charge in [0.1, 0.15) is 0 Å². The molecule has 3 aliphatic rings. The van der Waals surface area contributed by atoms with Crippen molar-refractivity contribution in [3.63, 3.8) is 0 Å². The first-order chi connectivity index (χ1) is 12.1. The molecule has 0 saturated carbocycles. The van der Waals surface area contributed by atoms with Gasteiger partial charge in [0.25, 0.3) is 0 Å². The maximum atomic E-state index is 12.2. The molecular formula is C20H28N2O2S. The van der Waals surface area contributed by atoms with Crippen LogP contribution in [0.3, 0.4) is 0 Å². The molecule has 0 unspecified atom stereocenters. The van der Waals surface area contributed by atoms with E-state index in [9.17, 15) is 4.79 Å². The Morgan fingerprint density at radius 1 is 1.52 bits per heavy atom. The average molecular weight is 361 g/mol. The zero-order chi connectivity index (χ0) is 17.4. The summed E-state index contributed by atoms with van der Waals surface area (Å²) in [7, 11) is 0. The molecule has 4 heterocycles. The van der Waals surface area contributed by atoms with Gasteiger partial charge in [0, 0.05) is 38.0 Å². The van der Waals surface area contributed by atoms with E-state index < -0.39 is 0 Å². The number of allylic oxidation sites excluding steroid dienone is 1. The largest absolute Gasteiger partial charge is 0.370 e. The fraction of sp³-hybridized carbons (Fsp3) is 0.650. The molecule has 136 valence electrons. The summed E-state index contributed by atoms with van der Waals surface area (Å²) in [5.74, 6) is 1.17. The van der Waals surface area contributed by atoms with Gasteiger partial charge in [-0.05, 0) is 49.1 Å². The van der Waals surface area contributed by atoms with Gasteiger partial charge < -0.3 is 10.1 Å². The van der Waals surface area contributed by atoms with E-state index in [4.69, 9.17) is 4.74 Å². The number of ether oxygens (including phenoxy) is 1. The third kappa shape index (κ3) is 3.42. The predicted octanol–water partition coefficient (Wildman–Crippen LogP) is 2.85. The number of carbonyl (C=O) groups is 1. The van der Waals surface area contributed by atoms with E-state index in [0.29, 0.717) is 24.4 Å². The Bertz CT molecular complexity index is 653. The Morgan fingerprint density at radius 3 is 3.16 bits per heavy atom. The molecule has 25 heavy (non-hydrogen) atoms. The number of thiophene rings is 1. The third-order valence-electron chi connectivity index (χ3n) is 6.09. The van der Waals surface area contributed by atoms with Crippen molar-refractivity contribution in [2.75, 3.05) is 26.2 Å². The van der Waals surface area contributed by atoms with Crippen molar-refractivity contribution in [3.05, 3.63) is 34.0 Å². The number of fused-ring (bicyclic) bond motifs is 1. The van der Waals surface area contributed by atoms with Crippen LogP contribution in [0.1, 0.15) is 32.3 Å². The van der Waals surface area contributed by atoms with Crippen molar-refractivity contribution >= 4 is 17.2 Å². The van der Waals surface area contributed by atoms with Crippen LogP contribution < -0.4 is 5.32 Å². The number of amides is 1. The van der Waals surface area contributed by atoms with Crippen LogP contribution in [-0.2, 0) is 16.0 Å². The van der Waals surface area contributed by atoms with Gasteiger partial charge in [-0.15, -0.1) is 0 Å². The molecule has 1 amide bonds. The van der Waals surface area contributed by atoms with Crippen molar-refractivity contribution in [1.82, 2.24) is 10.2 Å². The molecule has 3 fully saturated rings. The first kappa shape index (κ1) is 17.3. The maximum absolute atomic E-state index is 12.2. The van der Waals surface area contributed by atoms with Gasteiger partial charge in [-0.1, -0.05) is 11.6 Å². The molecule has 4 atom stereocenters. The summed E-state index contributed by atoms with van der Waals surface area (Å²) in [6.45, 7) is 8.25. The smallest absolute Gasteiger partial charge is 0.224 e. The molecule has 3 saturated heterocycles. The highest BCUT2D eigenvalue weighted by molar-refractivity contribution is 7.07. The van der Waals surface area contributed by atoms with Crippen LogP contribution in [-0.4, -0.2) is 48.7 Å². The molecule has 0 aliphatic carbocycles. The maximum Gasteiger partial charge on any atom is 0.224 e. The topological polar surface area (TPSA) is 41.6 Å². The Kier molecular flexibility index (Phi) is 4.73. The predicted molar refractivity (Wildman–Crippen MR) is 101 cm³/mol. The summed E-state index contributed by atoms with van der Waals surface area (Å²) < 4.78 is 6.46. The number of rotatable bonds is 6. The van der Waals surface area contributed by atoms with E-state index in [0.717, 1.165) is 38.2 Å². The summed E-state index contributed by atoms with van der Waals surface area (Å²) in [6, 6.07) is 2.03. The molecule has 1 aromatic rings. The van der Waals surface area contributed by atoms with Crippen LogP contribution in [0.25, 0.3) is 0 Å². The number of nitrogens with zero attached hydrogens (tertiary/aromatic N) is 1. The Labute approximate surface area is 154 Å². The molecule has 4 nitrogen and oxygen atoms in total. The number of nitrogens with one attached hydrogen (secondary N) is 1. The van der Waals surface area contributed by atoms with E-state index in [1.807, 2.05) is 16.8 Å². The quantitative estimate of drug-likeness (QED) is 0.793. The monoisotopic (exact) mass is 360 g/mol. The second-order valence-corrected chi connectivity index (χ2v) is 8.90. The normalized spacial score (nSPS) is 33.4. The van der Waals surface area contributed by atoms with Crippen LogP contribution in [0, 0.1) is 11.8 Å². The minimum Gasteiger partial charge on any atom is -0.370 e. The highest BCUT2D eigenvalue weighted by Gasteiger charge is 2.62. The second kappa shape index (κ2) is 6.86. The van der Waals surface area contributed by atoms with Gasteiger partial charge in [-0.3, -0.25) is 9.69 Å². The lowest BCUT2D eigenvalue weighted by atomic mass is 9.73. The summed E-state index contributed by atoms with van der Waals surface area (Å²) >= 11 is 1.64. The molecular weight excluding hydrogens is 332 g/mol. The van der Waals surface area contributed by atoms with Gasteiger partial charge >= 0.3 is 0 Å². The number of carbonyl (C=O) groups excluding carboxylic acids is 1. The van der Waals surface area contributed by atoms with Gasteiger partial charge in [-0.2, -0.15) is 11.3 Å². The standard InChI is InChI=1S/C20H28N2O2S/c1-14(2)4-7-22-11-17-16(18-3-6-20(17,13-22)24-18)10-21-19(23)9-15-5-8-25-12-15/h4-5,8,12,16-18H,3,6-7,9-11,13H2,1-2H3,(H,21,23)/t16-,17+,18+,20+/m0/s1.